The molecule has 0 amide bonds. The van der Waals surface area contributed by atoms with Gasteiger partial charge in [0.1, 0.15) is 0 Å². The topological polar surface area (TPSA) is 29.3 Å². The standard InChI is InChI=1S/C16H18I2N2/c1-20(11-12-5-3-2-4-6-12)8-7-13-9-14(17)16(19)15(18)10-13/h2-6,9-10H,7-8,11,19H2,1H3. The van der Waals surface area contributed by atoms with E-state index in [1.807, 2.05) is 0 Å². The van der Waals surface area contributed by atoms with Crippen LogP contribution < -0.4 is 5.73 Å². The molecule has 4 heteroatoms. The number of benzene rings is 2. The summed E-state index contributed by atoms with van der Waals surface area (Å²) in [4.78, 5) is 2.35. The van der Waals surface area contributed by atoms with E-state index in [-0.39, 0.29) is 0 Å². The molecular formula is C16H18I2N2. The number of nitrogens with zero attached hydrogens (tertiary/aromatic N) is 1. The lowest BCUT2D eigenvalue weighted by Gasteiger charge is -2.17. The SMILES string of the molecule is CN(CCc1cc(I)c(N)c(I)c1)Cc1ccccc1. The Morgan fingerprint density at radius 1 is 1.00 bits per heavy atom. The van der Waals surface area contributed by atoms with Gasteiger partial charge in [-0.3, -0.25) is 0 Å². The first-order valence-electron chi connectivity index (χ1n) is 6.52. The van der Waals surface area contributed by atoms with Gasteiger partial charge in [0.05, 0.1) is 5.69 Å². The molecule has 20 heavy (non-hydrogen) atoms. The third-order valence-corrected chi connectivity index (χ3v) is 5.00. The summed E-state index contributed by atoms with van der Waals surface area (Å²) in [6, 6.07) is 15.0. The number of nitrogen functional groups attached to an aromatic ring is 1. The first kappa shape index (κ1) is 16.0. The monoisotopic (exact) mass is 492 g/mol. The third-order valence-electron chi connectivity index (χ3n) is 3.22. The van der Waals surface area contributed by atoms with E-state index < -0.39 is 0 Å². The maximum atomic E-state index is 5.98. The molecule has 0 spiro atoms. The highest BCUT2D eigenvalue weighted by atomic mass is 127. The van der Waals surface area contributed by atoms with Crippen molar-refractivity contribution in [1.82, 2.24) is 4.90 Å². The summed E-state index contributed by atoms with van der Waals surface area (Å²) in [5.41, 5.74) is 9.59. The molecule has 0 heterocycles. The van der Waals surface area contributed by atoms with Crippen molar-refractivity contribution in [3.8, 4) is 0 Å². The zero-order valence-electron chi connectivity index (χ0n) is 11.4. The van der Waals surface area contributed by atoms with E-state index >= 15 is 0 Å². The van der Waals surface area contributed by atoms with Crippen LogP contribution in [-0.2, 0) is 13.0 Å². The van der Waals surface area contributed by atoms with E-state index in [1.54, 1.807) is 0 Å². The summed E-state index contributed by atoms with van der Waals surface area (Å²) >= 11 is 4.62. The molecule has 0 radical (unpaired) electrons. The Hall–Kier alpha value is -0.340. The summed E-state index contributed by atoms with van der Waals surface area (Å²) in [5.74, 6) is 0. The highest BCUT2D eigenvalue weighted by Crippen LogP contribution is 2.23. The fourth-order valence-corrected chi connectivity index (χ4v) is 3.97. The minimum atomic E-state index is 0.896. The van der Waals surface area contributed by atoms with E-state index in [9.17, 15) is 0 Å². The normalized spacial score (nSPS) is 11.0. The van der Waals surface area contributed by atoms with Gasteiger partial charge in [-0.1, -0.05) is 30.3 Å². The maximum Gasteiger partial charge on any atom is 0.0585 e. The first-order valence-corrected chi connectivity index (χ1v) is 8.68. The summed E-state index contributed by atoms with van der Waals surface area (Å²) in [6.45, 7) is 2.04. The molecule has 0 atom stereocenters. The minimum absolute atomic E-state index is 0.896. The first-order chi connectivity index (χ1) is 9.56. The molecule has 0 aliphatic rings. The average molecular weight is 492 g/mol. The van der Waals surface area contributed by atoms with Gasteiger partial charge in [0, 0.05) is 20.2 Å². The van der Waals surface area contributed by atoms with Crippen molar-refractivity contribution in [2.24, 2.45) is 0 Å². The molecule has 106 valence electrons. The molecule has 0 saturated carbocycles. The van der Waals surface area contributed by atoms with E-state index in [2.05, 4.69) is 99.6 Å². The molecule has 2 N–H and O–H groups in total. The van der Waals surface area contributed by atoms with Crippen molar-refractivity contribution in [3.63, 3.8) is 0 Å². The number of anilines is 1. The van der Waals surface area contributed by atoms with Crippen LogP contribution in [0, 0.1) is 7.14 Å². The van der Waals surface area contributed by atoms with Gasteiger partial charge in [-0.2, -0.15) is 0 Å². The van der Waals surface area contributed by atoms with E-state index in [0.717, 1.165) is 32.3 Å². The predicted octanol–water partition coefficient (Wildman–Crippen LogP) is 4.15. The van der Waals surface area contributed by atoms with Crippen LogP contribution in [0.5, 0.6) is 0 Å². The number of nitrogens with two attached hydrogens (primary N) is 1. The zero-order valence-corrected chi connectivity index (χ0v) is 15.8. The lowest BCUT2D eigenvalue weighted by atomic mass is 10.1. The van der Waals surface area contributed by atoms with Crippen LogP contribution in [0.15, 0.2) is 42.5 Å². The minimum Gasteiger partial charge on any atom is -0.397 e. The van der Waals surface area contributed by atoms with Gasteiger partial charge < -0.3 is 10.6 Å². The van der Waals surface area contributed by atoms with Crippen molar-refractivity contribution in [2.45, 2.75) is 13.0 Å². The predicted molar refractivity (Wildman–Crippen MR) is 103 cm³/mol. The van der Waals surface area contributed by atoms with Crippen molar-refractivity contribution < 1.29 is 0 Å². The lowest BCUT2D eigenvalue weighted by Crippen LogP contribution is -2.20. The number of likely N-dealkylation sites (N-methyl/N-ethyl adjacent to an activating group) is 1. The van der Waals surface area contributed by atoms with Crippen molar-refractivity contribution in [1.29, 1.82) is 0 Å². The lowest BCUT2D eigenvalue weighted by molar-refractivity contribution is 0.331. The van der Waals surface area contributed by atoms with Crippen LogP contribution in [-0.4, -0.2) is 18.5 Å². The Bertz CT molecular complexity index is 547. The molecule has 0 saturated heterocycles. The summed E-state index contributed by atoms with van der Waals surface area (Å²) in [6.07, 6.45) is 1.05. The second-order valence-corrected chi connectivity index (χ2v) is 7.27. The van der Waals surface area contributed by atoms with Crippen LogP contribution in [0.2, 0.25) is 0 Å². The summed E-state index contributed by atoms with van der Waals surface area (Å²) in [7, 11) is 2.17. The fraction of sp³-hybridized carbons (Fsp3) is 0.250. The van der Waals surface area contributed by atoms with Crippen LogP contribution >= 0.6 is 45.2 Å². The second kappa shape index (κ2) is 7.61. The Morgan fingerprint density at radius 2 is 1.60 bits per heavy atom. The quantitative estimate of drug-likeness (QED) is 0.503. The number of rotatable bonds is 5. The average Bonchev–Trinajstić information content (AvgIpc) is 2.43. The van der Waals surface area contributed by atoms with Crippen molar-refractivity contribution in [3.05, 3.63) is 60.7 Å². The van der Waals surface area contributed by atoms with Crippen molar-refractivity contribution in [2.75, 3.05) is 19.3 Å². The Kier molecular flexibility index (Phi) is 6.10. The molecular weight excluding hydrogens is 474 g/mol. The Morgan fingerprint density at radius 3 is 2.20 bits per heavy atom. The molecule has 2 nitrogen and oxygen atoms in total. The Balaban J connectivity index is 1.92. The molecule has 0 unspecified atom stereocenters. The molecule has 0 aliphatic carbocycles. The van der Waals surface area contributed by atoms with Gasteiger partial charge >= 0.3 is 0 Å². The van der Waals surface area contributed by atoms with Crippen LogP contribution in [0.25, 0.3) is 0 Å². The molecule has 0 bridgehead atoms. The van der Waals surface area contributed by atoms with Crippen LogP contribution in [0.3, 0.4) is 0 Å². The number of hydrogen-bond acceptors (Lipinski definition) is 2. The van der Waals surface area contributed by atoms with E-state index in [1.165, 1.54) is 11.1 Å². The van der Waals surface area contributed by atoms with Gasteiger partial charge in [-0.05, 0) is 81.9 Å². The maximum absolute atomic E-state index is 5.98. The number of hydrogen-bond donors (Lipinski definition) is 1. The molecule has 0 aromatic heterocycles. The summed E-state index contributed by atoms with van der Waals surface area (Å²) < 4.78 is 2.30. The van der Waals surface area contributed by atoms with E-state index in [4.69, 9.17) is 5.73 Å². The molecule has 2 aromatic carbocycles. The molecule has 0 fully saturated rings. The van der Waals surface area contributed by atoms with Gasteiger partial charge in [0.2, 0.25) is 0 Å². The highest BCUT2D eigenvalue weighted by molar-refractivity contribution is 14.1. The van der Waals surface area contributed by atoms with Gasteiger partial charge in [-0.15, -0.1) is 0 Å². The Labute approximate surface area is 148 Å². The van der Waals surface area contributed by atoms with E-state index in [0.29, 0.717) is 0 Å². The second-order valence-electron chi connectivity index (χ2n) is 4.95. The number of halogens is 2. The summed E-state index contributed by atoms with van der Waals surface area (Å²) in [5, 5.41) is 0. The highest BCUT2D eigenvalue weighted by Gasteiger charge is 2.06. The van der Waals surface area contributed by atoms with Crippen LogP contribution in [0.4, 0.5) is 5.69 Å². The van der Waals surface area contributed by atoms with Gasteiger partial charge in [0.25, 0.3) is 0 Å². The zero-order chi connectivity index (χ0) is 14.5. The van der Waals surface area contributed by atoms with Crippen molar-refractivity contribution >= 4 is 50.9 Å². The molecule has 2 rings (SSSR count). The smallest absolute Gasteiger partial charge is 0.0585 e. The van der Waals surface area contributed by atoms with Gasteiger partial charge in [-0.25, -0.2) is 0 Å². The molecule has 2 aromatic rings. The molecule has 0 aliphatic heterocycles. The fourth-order valence-electron chi connectivity index (χ4n) is 2.08. The third kappa shape index (κ3) is 4.60. The van der Waals surface area contributed by atoms with Crippen LogP contribution in [0.1, 0.15) is 11.1 Å². The van der Waals surface area contributed by atoms with Gasteiger partial charge in [0.15, 0.2) is 0 Å². The largest absolute Gasteiger partial charge is 0.397 e.